The van der Waals surface area contributed by atoms with Gasteiger partial charge < -0.3 is 19.5 Å². The largest absolute Gasteiger partial charge is 0.487 e. The fraction of sp³-hybridized carbons (Fsp3) is 0.548. The van der Waals surface area contributed by atoms with Crippen molar-refractivity contribution in [1.29, 1.82) is 0 Å². The average molecular weight is 689 g/mol. The molecular weight excluding hydrogens is 653 g/mol. The molecule has 17 heteroatoms. The predicted octanol–water partition coefficient (Wildman–Crippen LogP) is 5.34. The van der Waals surface area contributed by atoms with Crippen molar-refractivity contribution in [3.63, 3.8) is 0 Å². The minimum absolute atomic E-state index is 0.0682. The van der Waals surface area contributed by atoms with Gasteiger partial charge in [0.1, 0.15) is 23.9 Å². The summed E-state index contributed by atoms with van der Waals surface area (Å²) in [4.78, 5) is 11.4. The summed E-state index contributed by atoms with van der Waals surface area (Å²) in [6.45, 7) is 6.78. The molecule has 3 fully saturated rings. The van der Waals surface area contributed by atoms with Gasteiger partial charge in [-0.25, -0.2) is 14.6 Å². The highest BCUT2D eigenvalue weighted by Gasteiger charge is 2.56. The summed E-state index contributed by atoms with van der Waals surface area (Å²) in [6.07, 6.45) is 5.47. The minimum Gasteiger partial charge on any atom is -0.487 e. The molecule has 2 saturated heterocycles. The number of likely N-dealkylation sites (tertiary alicyclic amines) is 1. The molecule has 13 nitrogen and oxygen atoms in total. The molecule has 1 aliphatic carbocycles. The van der Waals surface area contributed by atoms with E-state index in [2.05, 4.69) is 47.7 Å². The van der Waals surface area contributed by atoms with Gasteiger partial charge in [0, 0.05) is 49.8 Å². The van der Waals surface area contributed by atoms with Crippen LogP contribution < -0.4 is 14.8 Å². The Morgan fingerprint density at radius 3 is 2.56 bits per heavy atom. The van der Waals surface area contributed by atoms with E-state index < -0.39 is 12.8 Å². The molecule has 0 bridgehead atoms. The Kier molecular flexibility index (Phi) is 8.66. The maximum absolute atomic E-state index is 13.1. The zero-order chi connectivity index (χ0) is 33.5. The van der Waals surface area contributed by atoms with Crippen LogP contribution in [0.3, 0.4) is 0 Å². The molecule has 5 heterocycles. The number of hydrogen-bond donors (Lipinski definition) is 1. The number of nitrogens with zero attached hydrogens (tertiary/aromatic N) is 9. The SMILES string of the molecule is CC(Cn1cnnn1)Oc1cc(-c2cnc(Nc3cn(C4CC5(C4)CN(C4(C)CCOCC4)C5)nc3OCC(F)(F)F)nc2)ccc1Cl. The zero-order valence-corrected chi connectivity index (χ0v) is 27.3. The molecule has 0 radical (unpaired) electrons. The van der Waals surface area contributed by atoms with Crippen LogP contribution >= 0.6 is 11.6 Å². The third-order valence-electron chi connectivity index (χ3n) is 9.49. The Hall–Kier alpha value is -4.02. The minimum atomic E-state index is -4.51. The molecule has 0 amide bonds. The molecule has 1 N–H and O–H groups in total. The third kappa shape index (κ3) is 7.05. The standard InChI is InChI=1S/C31H36ClF3N10O3/c1-20(14-44-19-38-41-42-44)48-26-9-21(3-4-24(26)32)22-12-36-28(37-13-22)39-25-15-45(40-27(25)47-18-31(33,34)35)23-10-30(11-23)16-43(17-30)29(2)5-7-46-8-6-29/h3-4,9,12-13,15,19-20,23H,5-8,10-11,14,16-18H2,1-2H3,(H,36,37,39). The lowest BCUT2D eigenvalue weighted by Gasteiger charge is -2.64. The molecule has 3 aliphatic rings. The van der Waals surface area contributed by atoms with Crippen LogP contribution in [0.1, 0.15) is 45.6 Å². The molecule has 1 atom stereocenters. The smallest absolute Gasteiger partial charge is 0.422 e. The molecule has 48 heavy (non-hydrogen) atoms. The second kappa shape index (κ2) is 12.8. The summed E-state index contributed by atoms with van der Waals surface area (Å²) in [7, 11) is 0. The number of anilines is 2. The van der Waals surface area contributed by atoms with Crippen LogP contribution in [-0.2, 0) is 11.3 Å². The quantitative estimate of drug-likeness (QED) is 0.219. The first-order chi connectivity index (χ1) is 23.0. The highest BCUT2D eigenvalue weighted by molar-refractivity contribution is 6.32. The molecule has 1 saturated carbocycles. The molecule has 3 aromatic heterocycles. The van der Waals surface area contributed by atoms with Gasteiger partial charge in [0.15, 0.2) is 6.61 Å². The third-order valence-corrected chi connectivity index (χ3v) is 9.81. The van der Waals surface area contributed by atoms with E-state index in [0.29, 0.717) is 22.9 Å². The summed E-state index contributed by atoms with van der Waals surface area (Å²) in [6, 6.07) is 5.39. The van der Waals surface area contributed by atoms with Gasteiger partial charge in [0.2, 0.25) is 5.95 Å². The molecule has 256 valence electrons. The lowest BCUT2D eigenvalue weighted by Crippen LogP contribution is -2.69. The molecule has 4 aromatic rings. The van der Waals surface area contributed by atoms with Crippen LogP contribution in [0.2, 0.25) is 5.02 Å². The van der Waals surface area contributed by atoms with E-state index in [1.54, 1.807) is 40.1 Å². The fourth-order valence-electron chi connectivity index (χ4n) is 6.78. The highest BCUT2D eigenvalue weighted by atomic mass is 35.5. The summed E-state index contributed by atoms with van der Waals surface area (Å²) in [5, 5.41) is 19.0. The van der Waals surface area contributed by atoms with Crippen LogP contribution in [0.5, 0.6) is 11.6 Å². The topological polar surface area (TPSA) is 130 Å². The van der Waals surface area contributed by atoms with Crippen molar-refractivity contribution in [2.45, 2.75) is 69.9 Å². The molecule has 7 rings (SSSR count). The maximum Gasteiger partial charge on any atom is 0.422 e. The summed E-state index contributed by atoms with van der Waals surface area (Å²) < 4.78 is 59.2. The van der Waals surface area contributed by atoms with Gasteiger partial charge >= 0.3 is 6.18 Å². The Morgan fingerprint density at radius 1 is 1.12 bits per heavy atom. The number of alkyl halides is 3. The normalized spacial score (nSPS) is 19.8. The zero-order valence-electron chi connectivity index (χ0n) is 26.5. The second-order valence-corrected chi connectivity index (χ2v) is 13.7. The average Bonchev–Trinajstić information content (AvgIpc) is 3.66. The van der Waals surface area contributed by atoms with Crippen LogP contribution in [0, 0.1) is 5.41 Å². The van der Waals surface area contributed by atoms with Gasteiger partial charge in [-0.3, -0.25) is 9.58 Å². The van der Waals surface area contributed by atoms with Crippen molar-refractivity contribution >= 4 is 23.2 Å². The van der Waals surface area contributed by atoms with Crippen LogP contribution in [0.4, 0.5) is 24.8 Å². The summed E-state index contributed by atoms with van der Waals surface area (Å²) in [5.74, 6) is 0.502. The van der Waals surface area contributed by atoms with E-state index in [1.807, 2.05) is 13.0 Å². The highest BCUT2D eigenvalue weighted by Crippen LogP contribution is 2.56. The van der Waals surface area contributed by atoms with Crippen molar-refractivity contribution in [2.75, 3.05) is 38.2 Å². The molecule has 1 aromatic carbocycles. The lowest BCUT2D eigenvalue weighted by atomic mass is 9.59. The van der Waals surface area contributed by atoms with Gasteiger partial charge in [-0.15, -0.1) is 10.2 Å². The van der Waals surface area contributed by atoms with Crippen LogP contribution in [0.25, 0.3) is 11.1 Å². The van der Waals surface area contributed by atoms with Gasteiger partial charge in [-0.05, 0) is 73.1 Å². The summed E-state index contributed by atoms with van der Waals surface area (Å²) >= 11 is 6.39. The Balaban J connectivity index is 1.01. The lowest BCUT2D eigenvalue weighted by molar-refractivity contribution is -0.157. The van der Waals surface area contributed by atoms with Crippen molar-refractivity contribution in [1.82, 2.24) is 44.9 Å². The second-order valence-electron chi connectivity index (χ2n) is 13.3. The number of rotatable bonds is 11. The number of aromatic nitrogens is 8. The van der Waals surface area contributed by atoms with Crippen molar-refractivity contribution in [2.24, 2.45) is 5.41 Å². The van der Waals surface area contributed by atoms with Crippen LogP contribution in [-0.4, -0.2) is 95.6 Å². The fourth-order valence-corrected chi connectivity index (χ4v) is 6.94. The Morgan fingerprint density at radius 2 is 1.88 bits per heavy atom. The van der Waals surface area contributed by atoms with Gasteiger partial charge in [0.25, 0.3) is 5.88 Å². The van der Waals surface area contributed by atoms with Gasteiger partial charge in [-0.2, -0.15) is 13.2 Å². The maximum atomic E-state index is 13.1. The molecule has 1 unspecified atom stereocenters. The summed E-state index contributed by atoms with van der Waals surface area (Å²) in [5.41, 5.74) is 2.10. The molecule has 2 aliphatic heterocycles. The number of nitrogens with one attached hydrogen (secondary N) is 1. The van der Waals surface area contributed by atoms with E-state index in [9.17, 15) is 13.2 Å². The van der Waals surface area contributed by atoms with Gasteiger partial charge in [-0.1, -0.05) is 17.7 Å². The Bertz CT molecular complexity index is 1700. The molecular formula is C31H36ClF3N10O3. The number of hydrogen-bond acceptors (Lipinski definition) is 11. The first kappa shape index (κ1) is 32.5. The molecule has 1 spiro atoms. The number of benzene rings is 1. The first-order valence-electron chi connectivity index (χ1n) is 15.8. The first-order valence-corrected chi connectivity index (χ1v) is 16.2. The number of halogens is 4. The van der Waals surface area contributed by atoms with E-state index in [4.69, 9.17) is 25.8 Å². The van der Waals surface area contributed by atoms with E-state index in [0.717, 1.165) is 57.6 Å². The van der Waals surface area contributed by atoms with Crippen LogP contribution in [0.15, 0.2) is 43.1 Å². The monoisotopic (exact) mass is 688 g/mol. The van der Waals surface area contributed by atoms with Crippen molar-refractivity contribution < 1.29 is 27.4 Å². The van der Waals surface area contributed by atoms with E-state index in [1.165, 1.54) is 6.33 Å². The van der Waals surface area contributed by atoms with Crippen molar-refractivity contribution in [3.8, 4) is 22.8 Å². The van der Waals surface area contributed by atoms with Gasteiger partial charge in [0.05, 0.1) is 23.8 Å². The number of tetrazole rings is 1. The predicted molar refractivity (Wildman–Crippen MR) is 168 cm³/mol. The Labute approximate surface area is 279 Å². The van der Waals surface area contributed by atoms with Crippen molar-refractivity contribution in [3.05, 3.63) is 48.1 Å². The number of ether oxygens (including phenoxy) is 3. The van der Waals surface area contributed by atoms with E-state index >= 15 is 0 Å². The van der Waals surface area contributed by atoms with E-state index in [-0.39, 0.29) is 40.6 Å².